The predicted octanol–water partition coefficient (Wildman–Crippen LogP) is 4.78. The smallest absolute Gasteiger partial charge is 0.0474 e. The number of nitrogens with one attached hydrogen (secondary N) is 1. The van der Waals surface area contributed by atoms with Gasteiger partial charge in [0.05, 0.1) is 0 Å². The van der Waals surface area contributed by atoms with Crippen molar-refractivity contribution in [2.24, 2.45) is 5.92 Å². The summed E-state index contributed by atoms with van der Waals surface area (Å²) in [6.07, 6.45) is 6.95. The van der Waals surface area contributed by atoms with Gasteiger partial charge in [-0.25, -0.2) is 0 Å². The highest BCUT2D eigenvalue weighted by molar-refractivity contribution is 6.31. The van der Waals surface area contributed by atoms with Gasteiger partial charge in [-0.15, -0.1) is 0 Å². The van der Waals surface area contributed by atoms with E-state index in [0.29, 0.717) is 6.04 Å². The zero-order chi connectivity index (χ0) is 14.8. The van der Waals surface area contributed by atoms with Crippen LogP contribution in [0.3, 0.4) is 0 Å². The van der Waals surface area contributed by atoms with Crippen LogP contribution in [0.4, 0.5) is 5.69 Å². The Morgan fingerprint density at radius 1 is 1.29 bits per heavy atom. The van der Waals surface area contributed by atoms with Crippen molar-refractivity contribution >= 4 is 17.3 Å². The first kappa shape index (κ1) is 15.2. The molecule has 2 fully saturated rings. The summed E-state index contributed by atoms with van der Waals surface area (Å²) in [5.74, 6) is 0.915. The van der Waals surface area contributed by atoms with Crippen molar-refractivity contribution in [1.82, 2.24) is 5.32 Å². The lowest BCUT2D eigenvalue weighted by atomic mass is 9.85. The van der Waals surface area contributed by atoms with E-state index in [9.17, 15) is 0 Å². The van der Waals surface area contributed by atoms with Gasteiger partial charge in [-0.2, -0.15) is 0 Å². The Kier molecular flexibility index (Phi) is 4.75. The lowest BCUT2D eigenvalue weighted by Crippen LogP contribution is -2.34. The first-order valence-electron chi connectivity index (χ1n) is 8.50. The molecular formula is C18H27ClN2. The van der Waals surface area contributed by atoms with Gasteiger partial charge in [0.1, 0.15) is 0 Å². The maximum absolute atomic E-state index is 6.55. The number of rotatable bonds is 4. The molecule has 116 valence electrons. The van der Waals surface area contributed by atoms with E-state index >= 15 is 0 Å². The van der Waals surface area contributed by atoms with Crippen molar-refractivity contribution in [3.8, 4) is 0 Å². The van der Waals surface area contributed by atoms with E-state index in [1.807, 2.05) is 0 Å². The third-order valence-corrected chi connectivity index (χ3v) is 5.63. The SMILES string of the molecule is CCNC(C)c1ccc(N2CCC3CCCCC32)cc1Cl. The predicted molar refractivity (Wildman–Crippen MR) is 91.3 cm³/mol. The molecular weight excluding hydrogens is 280 g/mol. The van der Waals surface area contributed by atoms with Crippen LogP contribution in [0.2, 0.25) is 5.02 Å². The van der Waals surface area contributed by atoms with Crippen LogP contribution in [0.5, 0.6) is 0 Å². The van der Waals surface area contributed by atoms with Crippen molar-refractivity contribution in [2.75, 3.05) is 18.0 Å². The molecule has 3 rings (SSSR count). The van der Waals surface area contributed by atoms with Crippen LogP contribution >= 0.6 is 11.6 Å². The van der Waals surface area contributed by atoms with Gasteiger partial charge in [0.25, 0.3) is 0 Å². The highest BCUT2D eigenvalue weighted by Crippen LogP contribution is 2.40. The van der Waals surface area contributed by atoms with Gasteiger partial charge in [0, 0.05) is 29.3 Å². The summed E-state index contributed by atoms with van der Waals surface area (Å²) in [7, 11) is 0. The first-order valence-corrected chi connectivity index (χ1v) is 8.88. The molecule has 0 radical (unpaired) electrons. The Bertz CT molecular complexity index is 488. The summed E-state index contributed by atoms with van der Waals surface area (Å²) in [5, 5.41) is 4.34. The first-order chi connectivity index (χ1) is 10.2. The summed E-state index contributed by atoms with van der Waals surface area (Å²) in [6.45, 7) is 6.48. The molecule has 0 bridgehead atoms. The van der Waals surface area contributed by atoms with E-state index in [1.54, 1.807) is 0 Å². The van der Waals surface area contributed by atoms with Crippen molar-refractivity contribution in [1.29, 1.82) is 0 Å². The van der Waals surface area contributed by atoms with Crippen molar-refractivity contribution in [3.05, 3.63) is 28.8 Å². The van der Waals surface area contributed by atoms with Crippen LogP contribution in [-0.4, -0.2) is 19.1 Å². The normalized spacial score (nSPS) is 26.7. The molecule has 2 nitrogen and oxygen atoms in total. The van der Waals surface area contributed by atoms with Crippen molar-refractivity contribution in [3.63, 3.8) is 0 Å². The highest BCUT2D eigenvalue weighted by atomic mass is 35.5. The van der Waals surface area contributed by atoms with Crippen LogP contribution in [0, 0.1) is 5.92 Å². The molecule has 21 heavy (non-hydrogen) atoms. The average molecular weight is 307 g/mol. The number of nitrogens with zero attached hydrogens (tertiary/aromatic N) is 1. The molecule has 3 heteroatoms. The fraction of sp³-hybridized carbons (Fsp3) is 0.667. The summed E-state index contributed by atoms with van der Waals surface area (Å²) >= 11 is 6.55. The minimum atomic E-state index is 0.317. The largest absolute Gasteiger partial charge is 0.368 e. The van der Waals surface area contributed by atoms with E-state index in [0.717, 1.165) is 23.5 Å². The molecule has 2 aliphatic rings. The van der Waals surface area contributed by atoms with Gasteiger partial charge in [0.15, 0.2) is 0 Å². The van der Waals surface area contributed by atoms with E-state index in [4.69, 9.17) is 11.6 Å². The van der Waals surface area contributed by atoms with Crippen LogP contribution in [-0.2, 0) is 0 Å². The van der Waals surface area contributed by atoms with Crippen LogP contribution in [0.15, 0.2) is 18.2 Å². The topological polar surface area (TPSA) is 15.3 Å². The fourth-order valence-corrected chi connectivity index (χ4v) is 4.53. The number of hydrogen-bond donors (Lipinski definition) is 1. The van der Waals surface area contributed by atoms with Crippen LogP contribution in [0.1, 0.15) is 57.6 Å². The Morgan fingerprint density at radius 3 is 2.86 bits per heavy atom. The van der Waals surface area contributed by atoms with Gasteiger partial charge < -0.3 is 10.2 Å². The van der Waals surface area contributed by atoms with Gasteiger partial charge >= 0.3 is 0 Å². The van der Waals surface area contributed by atoms with E-state index in [2.05, 4.69) is 42.3 Å². The monoisotopic (exact) mass is 306 g/mol. The minimum absolute atomic E-state index is 0.317. The lowest BCUT2D eigenvalue weighted by molar-refractivity contribution is 0.342. The number of halogens is 1. The summed E-state index contributed by atoms with van der Waals surface area (Å²) in [4.78, 5) is 2.61. The van der Waals surface area contributed by atoms with E-state index in [-0.39, 0.29) is 0 Å². The standard InChI is InChI=1S/C18H27ClN2/c1-3-20-13(2)16-9-8-15(12-17(16)19)21-11-10-14-6-4-5-7-18(14)21/h8-9,12-14,18,20H,3-7,10-11H2,1-2H3. The second kappa shape index (κ2) is 6.58. The molecule has 0 aromatic heterocycles. The van der Waals surface area contributed by atoms with Gasteiger partial charge in [-0.1, -0.05) is 37.4 Å². The summed E-state index contributed by atoms with van der Waals surface area (Å²) in [6, 6.07) is 7.74. The lowest BCUT2D eigenvalue weighted by Gasteiger charge is -2.33. The van der Waals surface area contributed by atoms with Crippen LogP contribution in [0.25, 0.3) is 0 Å². The van der Waals surface area contributed by atoms with E-state index < -0.39 is 0 Å². The van der Waals surface area contributed by atoms with Gasteiger partial charge in [-0.05, 0) is 56.3 Å². The Morgan fingerprint density at radius 2 is 2.10 bits per heavy atom. The summed E-state index contributed by atoms with van der Waals surface area (Å²) < 4.78 is 0. The third-order valence-electron chi connectivity index (χ3n) is 5.30. The second-order valence-corrected chi connectivity index (χ2v) is 6.99. The molecule has 1 aliphatic heterocycles. The molecule has 0 spiro atoms. The molecule has 1 aromatic carbocycles. The molecule has 1 aliphatic carbocycles. The van der Waals surface area contributed by atoms with Crippen LogP contribution < -0.4 is 10.2 Å². The molecule has 0 amide bonds. The van der Waals surface area contributed by atoms with Crippen molar-refractivity contribution < 1.29 is 0 Å². The van der Waals surface area contributed by atoms with Gasteiger partial charge in [-0.3, -0.25) is 0 Å². The average Bonchev–Trinajstić information content (AvgIpc) is 2.91. The maximum Gasteiger partial charge on any atom is 0.0474 e. The Balaban J connectivity index is 1.79. The number of hydrogen-bond acceptors (Lipinski definition) is 2. The summed E-state index contributed by atoms with van der Waals surface area (Å²) in [5.41, 5.74) is 2.53. The number of anilines is 1. The molecule has 1 saturated heterocycles. The minimum Gasteiger partial charge on any atom is -0.368 e. The zero-order valence-electron chi connectivity index (χ0n) is 13.2. The quantitative estimate of drug-likeness (QED) is 0.861. The zero-order valence-corrected chi connectivity index (χ0v) is 14.0. The van der Waals surface area contributed by atoms with Crippen molar-refractivity contribution in [2.45, 2.75) is 58.0 Å². The molecule has 1 heterocycles. The van der Waals surface area contributed by atoms with Gasteiger partial charge in [0.2, 0.25) is 0 Å². The molecule has 1 aromatic rings. The molecule has 3 unspecified atom stereocenters. The second-order valence-electron chi connectivity index (χ2n) is 6.58. The highest BCUT2D eigenvalue weighted by Gasteiger charge is 2.35. The maximum atomic E-state index is 6.55. The molecule has 1 N–H and O–H groups in total. The Labute approximate surface area is 133 Å². The molecule has 3 atom stereocenters. The Hall–Kier alpha value is -0.730. The number of fused-ring (bicyclic) bond motifs is 1. The fourth-order valence-electron chi connectivity index (χ4n) is 4.19. The third kappa shape index (κ3) is 3.07. The van der Waals surface area contributed by atoms with E-state index in [1.165, 1.54) is 49.9 Å². The number of benzene rings is 1. The molecule has 1 saturated carbocycles.